The van der Waals surface area contributed by atoms with Crippen molar-refractivity contribution >= 4 is 46.0 Å². The fourth-order valence-electron chi connectivity index (χ4n) is 2.01. The Hall–Kier alpha value is -1.44. The number of rotatable bonds is 3. The van der Waals surface area contributed by atoms with E-state index in [0.717, 1.165) is 10.5 Å². The van der Waals surface area contributed by atoms with Gasteiger partial charge in [0.15, 0.2) is 0 Å². The lowest BCUT2D eigenvalue weighted by atomic mass is 9.97. The molecule has 0 spiro atoms. The second-order valence-corrected chi connectivity index (χ2v) is 5.11. The first-order valence-electron chi connectivity index (χ1n) is 5.79. The summed E-state index contributed by atoms with van der Waals surface area (Å²) in [6.45, 7) is 0. The molecule has 3 amide bonds. The first kappa shape index (κ1) is 14.0. The molecule has 1 heterocycles. The quantitative estimate of drug-likeness (QED) is 0.497. The molecule has 2 rings (SSSR count). The minimum Gasteiger partial charge on any atom is -0.325 e. The summed E-state index contributed by atoms with van der Waals surface area (Å²) >= 11 is 1.99. The SMILES string of the molecule is CN1C(=O)CC(c2ccc(NC(=O)CI)cc2)C1=O. The molecule has 1 aromatic rings. The number of nitrogens with zero attached hydrogens (tertiary/aromatic N) is 1. The van der Waals surface area contributed by atoms with E-state index in [0.29, 0.717) is 10.1 Å². The minimum absolute atomic E-state index is 0.0693. The number of amides is 3. The van der Waals surface area contributed by atoms with Crippen LogP contribution in [0.2, 0.25) is 0 Å². The summed E-state index contributed by atoms with van der Waals surface area (Å²) in [5.74, 6) is -0.793. The second kappa shape index (κ2) is 5.68. The number of benzene rings is 1. The molecule has 1 fully saturated rings. The highest BCUT2D eigenvalue weighted by molar-refractivity contribution is 14.1. The topological polar surface area (TPSA) is 66.5 Å². The van der Waals surface area contributed by atoms with Gasteiger partial charge in [0.1, 0.15) is 0 Å². The van der Waals surface area contributed by atoms with E-state index in [4.69, 9.17) is 0 Å². The molecule has 1 unspecified atom stereocenters. The van der Waals surface area contributed by atoms with E-state index in [1.54, 1.807) is 24.3 Å². The Balaban J connectivity index is 2.13. The highest BCUT2D eigenvalue weighted by Crippen LogP contribution is 2.29. The molecule has 0 radical (unpaired) electrons. The van der Waals surface area contributed by atoms with Crippen LogP contribution in [-0.2, 0) is 14.4 Å². The van der Waals surface area contributed by atoms with Crippen molar-refractivity contribution in [2.45, 2.75) is 12.3 Å². The van der Waals surface area contributed by atoms with Gasteiger partial charge in [-0.1, -0.05) is 34.7 Å². The molecule has 6 heteroatoms. The van der Waals surface area contributed by atoms with E-state index in [9.17, 15) is 14.4 Å². The Labute approximate surface area is 124 Å². The normalized spacial score (nSPS) is 18.8. The molecule has 19 heavy (non-hydrogen) atoms. The number of nitrogens with one attached hydrogen (secondary N) is 1. The molecule has 1 atom stereocenters. The van der Waals surface area contributed by atoms with Gasteiger partial charge in [0.05, 0.1) is 10.3 Å². The number of hydrogen-bond acceptors (Lipinski definition) is 3. The van der Waals surface area contributed by atoms with Gasteiger partial charge in [0.25, 0.3) is 0 Å². The Morgan fingerprint density at radius 3 is 2.47 bits per heavy atom. The molecule has 1 aliphatic heterocycles. The molecule has 0 saturated carbocycles. The van der Waals surface area contributed by atoms with E-state index in [1.807, 2.05) is 22.6 Å². The zero-order valence-electron chi connectivity index (χ0n) is 10.4. The van der Waals surface area contributed by atoms with Gasteiger partial charge in [-0.25, -0.2) is 0 Å². The van der Waals surface area contributed by atoms with Gasteiger partial charge in [-0.15, -0.1) is 0 Å². The number of halogens is 1. The van der Waals surface area contributed by atoms with Gasteiger partial charge in [0.2, 0.25) is 17.7 Å². The standard InChI is InChI=1S/C13H13IN2O3/c1-16-12(18)6-10(13(16)19)8-2-4-9(5-3-8)15-11(17)7-14/h2-5,10H,6-7H2,1H3,(H,15,17). The van der Waals surface area contributed by atoms with E-state index < -0.39 is 5.92 Å². The Morgan fingerprint density at radius 2 is 2.00 bits per heavy atom. The Morgan fingerprint density at radius 1 is 1.37 bits per heavy atom. The Bertz CT molecular complexity index is 527. The van der Waals surface area contributed by atoms with Crippen molar-refractivity contribution in [1.82, 2.24) is 4.90 Å². The molecule has 0 aliphatic carbocycles. The van der Waals surface area contributed by atoms with E-state index in [1.165, 1.54) is 7.05 Å². The summed E-state index contributed by atoms with van der Waals surface area (Å²) in [5.41, 5.74) is 1.49. The summed E-state index contributed by atoms with van der Waals surface area (Å²) in [6, 6.07) is 7.04. The van der Waals surface area contributed by atoms with Crippen LogP contribution in [0, 0.1) is 0 Å². The third kappa shape index (κ3) is 2.94. The molecule has 1 aromatic carbocycles. The monoisotopic (exact) mass is 372 g/mol. The number of anilines is 1. The van der Waals surface area contributed by atoms with Crippen LogP contribution in [0.5, 0.6) is 0 Å². The van der Waals surface area contributed by atoms with Gasteiger partial charge in [-0.3, -0.25) is 19.3 Å². The van der Waals surface area contributed by atoms with E-state index >= 15 is 0 Å². The summed E-state index contributed by atoms with van der Waals surface area (Å²) in [6.07, 6.45) is 0.217. The average Bonchev–Trinajstić information content (AvgIpc) is 2.67. The molecular formula is C13H13IN2O3. The largest absolute Gasteiger partial charge is 0.325 e. The molecule has 0 aromatic heterocycles. The number of likely N-dealkylation sites (tertiary alicyclic amines) is 1. The first-order chi connectivity index (χ1) is 9.02. The molecule has 1 aliphatic rings. The fourth-order valence-corrected chi connectivity index (χ4v) is 2.20. The highest BCUT2D eigenvalue weighted by atomic mass is 127. The van der Waals surface area contributed by atoms with Crippen LogP contribution >= 0.6 is 22.6 Å². The van der Waals surface area contributed by atoms with Crippen molar-refractivity contribution in [3.05, 3.63) is 29.8 Å². The zero-order chi connectivity index (χ0) is 14.0. The molecule has 100 valence electrons. The number of hydrogen-bond donors (Lipinski definition) is 1. The van der Waals surface area contributed by atoms with Crippen LogP contribution in [0.3, 0.4) is 0 Å². The van der Waals surface area contributed by atoms with Crippen LogP contribution in [0.1, 0.15) is 17.9 Å². The molecule has 1 N–H and O–H groups in total. The number of likely N-dealkylation sites (N-methyl/N-ethyl adjacent to an activating group) is 1. The third-order valence-corrected chi connectivity index (χ3v) is 3.79. The number of imide groups is 1. The minimum atomic E-state index is -0.396. The fraction of sp³-hybridized carbons (Fsp3) is 0.308. The van der Waals surface area contributed by atoms with E-state index in [2.05, 4.69) is 5.32 Å². The number of alkyl halides is 1. The third-order valence-electron chi connectivity index (χ3n) is 3.10. The van der Waals surface area contributed by atoms with Crippen molar-refractivity contribution in [3.63, 3.8) is 0 Å². The van der Waals surface area contributed by atoms with Gasteiger partial charge < -0.3 is 5.32 Å². The Kier molecular flexibility index (Phi) is 4.18. The molecule has 1 saturated heterocycles. The number of carbonyl (C=O) groups excluding carboxylic acids is 3. The van der Waals surface area contributed by atoms with Gasteiger partial charge in [-0.2, -0.15) is 0 Å². The summed E-state index contributed by atoms with van der Waals surface area (Å²) in [7, 11) is 1.50. The van der Waals surface area contributed by atoms with E-state index in [-0.39, 0.29) is 24.1 Å². The highest BCUT2D eigenvalue weighted by Gasteiger charge is 2.36. The lowest BCUT2D eigenvalue weighted by molar-refractivity contribution is -0.137. The first-order valence-corrected chi connectivity index (χ1v) is 7.31. The maximum Gasteiger partial charge on any atom is 0.236 e. The van der Waals surface area contributed by atoms with Crippen molar-refractivity contribution in [1.29, 1.82) is 0 Å². The van der Waals surface area contributed by atoms with Crippen LogP contribution in [0.4, 0.5) is 5.69 Å². The lowest BCUT2D eigenvalue weighted by Crippen LogP contribution is -2.25. The predicted molar refractivity (Wildman–Crippen MR) is 79.1 cm³/mol. The van der Waals surface area contributed by atoms with Gasteiger partial charge >= 0.3 is 0 Å². The van der Waals surface area contributed by atoms with Gasteiger partial charge in [0, 0.05) is 19.2 Å². The van der Waals surface area contributed by atoms with Gasteiger partial charge in [-0.05, 0) is 17.7 Å². The maximum absolute atomic E-state index is 11.9. The lowest BCUT2D eigenvalue weighted by Gasteiger charge is -2.10. The van der Waals surface area contributed by atoms with Crippen LogP contribution < -0.4 is 5.32 Å². The van der Waals surface area contributed by atoms with Crippen LogP contribution in [-0.4, -0.2) is 34.1 Å². The smallest absolute Gasteiger partial charge is 0.236 e. The van der Waals surface area contributed by atoms with Crippen molar-refractivity contribution in [2.24, 2.45) is 0 Å². The van der Waals surface area contributed by atoms with Crippen LogP contribution in [0.15, 0.2) is 24.3 Å². The van der Waals surface area contributed by atoms with Crippen molar-refractivity contribution in [2.75, 3.05) is 16.8 Å². The molecule has 0 bridgehead atoms. The summed E-state index contributed by atoms with van der Waals surface area (Å²) in [5, 5.41) is 2.73. The average molecular weight is 372 g/mol. The molecule has 5 nitrogen and oxygen atoms in total. The van der Waals surface area contributed by atoms with Crippen molar-refractivity contribution in [3.8, 4) is 0 Å². The zero-order valence-corrected chi connectivity index (χ0v) is 12.5. The second-order valence-electron chi connectivity index (χ2n) is 4.35. The summed E-state index contributed by atoms with van der Waals surface area (Å²) < 4.78 is 0.389. The summed E-state index contributed by atoms with van der Waals surface area (Å²) in [4.78, 5) is 35.7. The molecular weight excluding hydrogens is 359 g/mol. The van der Waals surface area contributed by atoms with Crippen molar-refractivity contribution < 1.29 is 14.4 Å². The number of carbonyl (C=O) groups is 3. The maximum atomic E-state index is 11.9. The van der Waals surface area contributed by atoms with Crippen LogP contribution in [0.25, 0.3) is 0 Å². The predicted octanol–water partition coefficient (Wildman–Crippen LogP) is 1.53.